The zero-order valence-electron chi connectivity index (χ0n) is 13.4. The largest absolute Gasteiger partial charge is 0.508 e. The van der Waals surface area contributed by atoms with E-state index in [0.29, 0.717) is 11.1 Å². The molecule has 0 heterocycles. The fourth-order valence-electron chi connectivity index (χ4n) is 2.37. The lowest BCUT2D eigenvalue weighted by Gasteiger charge is -2.06. The van der Waals surface area contributed by atoms with E-state index in [2.05, 4.69) is 0 Å². The normalized spacial score (nSPS) is 10.2. The molecule has 0 radical (unpaired) electrons. The lowest BCUT2D eigenvalue weighted by molar-refractivity contribution is 0.0475. The fourth-order valence-corrected chi connectivity index (χ4v) is 2.37. The molecule has 0 saturated carbocycles. The molecular weight excluding hydrogens is 316 g/mol. The van der Waals surface area contributed by atoms with Crippen LogP contribution in [0, 0.1) is 0 Å². The number of carbonyl (C=O) groups excluding carboxylic acids is 2. The molecule has 0 unspecified atom stereocenters. The van der Waals surface area contributed by atoms with Crippen LogP contribution in [0.15, 0.2) is 78.9 Å². The second-order valence-corrected chi connectivity index (χ2v) is 5.49. The summed E-state index contributed by atoms with van der Waals surface area (Å²) in [7, 11) is 0. The van der Waals surface area contributed by atoms with Gasteiger partial charge in [0.2, 0.25) is 0 Å². The lowest BCUT2D eigenvalue weighted by Crippen LogP contribution is -2.14. The molecule has 1 N–H and O–H groups in total. The highest BCUT2D eigenvalue weighted by molar-refractivity contribution is 5.99. The summed E-state index contributed by atoms with van der Waals surface area (Å²) in [4.78, 5) is 24.0. The average Bonchev–Trinajstić information content (AvgIpc) is 2.67. The van der Waals surface area contributed by atoms with Gasteiger partial charge in [-0.1, -0.05) is 54.6 Å². The van der Waals surface area contributed by atoms with Gasteiger partial charge < -0.3 is 9.84 Å². The SMILES string of the molecule is O=C(COC(=O)c1ccc(-c2ccc(O)cc2)cc1)c1ccccc1. The van der Waals surface area contributed by atoms with E-state index < -0.39 is 5.97 Å². The molecule has 4 heteroatoms. The molecule has 0 aliphatic heterocycles. The topological polar surface area (TPSA) is 63.6 Å². The lowest BCUT2D eigenvalue weighted by atomic mass is 10.0. The van der Waals surface area contributed by atoms with Crippen molar-refractivity contribution in [3.63, 3.8) is 0 Å². The number of benzene rings is 3. The summed E-state index contributed by atoms with van der Waals surface area (Å²) in [6, 6.07) is 22.4. The Hall–Kier alpha value is -3.40. The summed E-state index contributed by atoms with van der Waals surface area (Å²) in [6.45, 7) is -0.289. The minimum atomic E-state index is -0.540. The van der Waals surface area contributed by atoms with Crippen LogP contribution in [0.3, 0.4) is 0 Å². The summed E-state index contributed by atoms with van der Waals surface area (Å²) in [5, 5.41) is 9.32. The van der Waals surface area contributed by atoms with Crippen molar-refractivity contribution in [1.29, 1.82) is 0 Å². The van der Waals surface area contributed by atoms with Crippen molar-refractivity contribution in [2.24, 2.45) is 0 Å². The molecule has 4 nitrogen and oxygen atoms in total. The van der Waals surface area contributed by atoms with Gasteiger partial charge in [0.25, 0.3) is 0 Å². The standard InChI is InChI=1S/C21H16O4/c22-19-12-10-16(11-13-19)15-6-8-18(9-7-15)21(24)25-14-20(23)17-4-2-1-3-5-17/h1-13,22H,14H2. The average molecular weight is 332 g/mol. The Morgan fingerprint density at radius 2 is 1.28 bits per heavy atom. The van der Waals surface area contributed by atoms with Crippen LogP contribution in [0.25, 0.3) is 11.1 Å². The van der Waals surface area contributed by atoms with Gasteiger partial charge in [-0.15, -0.1) is 0 Å². The summed E-state index contributed by atoms with van der Waals surface area (Å²) in [5.41, 5.74) is 2.73. The van der Waals surface area contributed by atoms with E-state index in [9.17, 15) is 14.7 Å². The number of Topliss-reactive ketones (excluding diaryl/α,β-unsaturated/α-hetero) is 1. The van der Waals surface area contributed by atoms with Gasteiger partial charge in [0.05, 0.1) is 5.56 Å². The van der Waals surface area contributed by atoms with Crippen molar-refractivity contribution in [2.75, 3.05) is 6.61 Å². The molecule has 0 fully saturated rings. The van der Waals surface area contributed by atoms with Crippen molar-refractivity contribution in [1.82, 2.24) is 0 Å². The minimum Gasteiger partial charge on any atom is -0.508 e. The molecule has 0 aliphatic rings. The van der Waals surface area contributed by atoms with Crippen molar-refractivity contribution in [3.8, 4) is 16.9 Å². The van der Waals surface area contributed by atoms with Crippen molar-refractivity contribution >= 4 is 11.8 Å². The first-order valence-corrected chi connectivity index (χ1v) is 7.78. The first-order chi connectivity index (χ1) is 12.1. The molecular formula is C21H16O4. The minimum absolute atomic E-state index is 0.201. The van der Waals surface area contributed by atoms with E-state index in [1.165, 1.54) is 0 Å². The first kappa shape index (κ1) is 16.5. The molecule has 3 aromatic rings. The number of phenolic OH excluding ortho intramolecular Hbond substituents is 1. The number of ketones is 1. The van der Waals surface area contributed by atoms with Crippen LogP contribution in [-0.4, -0.2) is 23.5 Å². The van der Waals surface area contributed by atoms with Crippen LogP contribution in [0.5, 0.6) is 5.75 Å². The molecule has 124 valence electrons. The van der Waals surface area contributed by atoms with Gasteiger partial charge in [0.15, 0.2) is 12.4 Å². The number of hydrogen-bond donors (Lipinski definition) is 1. The van der Waals surface area contributed by atoms with Gasteiger partial charge >= 0.3 is 5.97 Å². The number of ether oxygens (including phenoxy) is 1. The third-order valence-electron chi connectivity index (χ3n) is 3.75. The highest BCUT2D eigenvalue weighted by Crippen LogP contribution is 2.22. The van der Waals surface area contributed by atoms with Crippen molar-refractivity contribution < 1.29 is 19.4 Å². The second-order valence-electron chi connectivity index (χ2n) is 5.49. The number of aromatic hydroxyl groups is 1. The summed E-state index contributed by atoms with van der Waals surface area (Å²) >= 11 is 0. The molecule has 0 amide bonds. The molecule has 0 saturated heterocycles. The van der Waals surface area contributed by atoms with E-state index in [1.54, 1.807) is 72.8 Å². The molecule has 3 aromatic carbocycles. The van der Waals surface area contributed by atoms with Gasteiger partial charge in [-0.05, 0) is 35.4 Å². The van der Waals surface area contributed by atoms with E-state index in [0.717, 1.165) is 11.1 Å². The molecule has 0 aliphatic carbocycles. The van der Waals surface area contributed by atoms with Gasteiger partial charge in [-0.2, -0.15) is 0 Å². The quantitative estimate of drug-likeness (QED) is 0.564. The van der Waals surface area contributed by atoms with E-state index in [4.69, 9.17) is 4.74 Å². The summed E-state index contributed by atoms with van der Waals surface area (Å²) in [6.07, 6.45) is 0. The number of phenols is 1. The molecule has 0 spiro atoms. The predicted octanol–water partition coefficient (Wildman–Crippen LogP) is 4.10. The predicted molar refractivity (Wildman–Crippen MR) is 94.6 cm³/mol. The van der Waals surface area contributed by atoms with Crippen LogP contribution in [0.2, 0.25) is 0 Å². The highest BCUT2D eigenvalue weighted by atomic mass is 16.5. The maximum Gasteiger partial charge on any atom is 0.338 e. The Morgan fingerprint density at radius 3 is 1.88 bits per heavy atom. The molecule has 25 heavy (non-hydrogen) atoms. The van der Waals surface area contributed by atoms with Gasteiger partial charge in [-0.25, -0.2) is 4.79 Å². The van der Waals surface area contributed by atoms with Gasteiger partial charge in [0, 0.05) is 5.56 Å². The summed E-state index contributed by atoms with van der Waals surface area (Å²) < 4.78 is 5.08. The Bertz CT molecular complexity index is 866. The second kappa shape index (κ2) is 7.45. The van der Waals surface area contributed by atoms with Crippen LogP contribution < -0.4 is 0 Å². The van der Waals surface area contributed by atoms with Crippen molar-refractivity contribution in [2.45, 2.75) is 0 Å². The zero-order valence-corrected chi connectivity index (χ0v) is 13.4. The van der Waals surface area contributed by atoms with Gasteiger partial charge in [-0.3, -0.25) is 4.79 Å². The van der Waals surface area contributed by atoms with E-state index in [-0.39, 0.29) is 18.1 Å². The van der Waals surface area contributed by atoms with Crippen molar-refractivity contribution in [3.05, 3.63) is 90.0 Å². The third kappa shape index (κ3) is 4.12. The smallest absolute Gasteiger partial charge is 0.338 e. The number of hydrogen-bond acceptors (Lipinski definition) is 4. The Morgan fingerprint density at radius 1 is 0.720 bits per heavy atom. The maximum absolute atomic E-state index is 12.1. The third-order valence-corrected chi connectivity index (χ3v) is 3.75. The molecule has 3 rings (SSSR count). The van der Waals surface area contributed by atoms with Crippen LogP contribution in [0.4, 0.5) is 0 Å². The Labute approximate surface area is 145 Å². The number of carbonyl (C=O) groups is 2. The first-order valence-electron chi connectivity index (χ1n) is 7.78. The van der Waals surface area contributed by atoms with E-state index >= 15 is 0 Å². The monoisotopic (exact) mass is 332 g/mol. The molecule has 0 aromatic heterocycles. The molecule has 0 bridgehead atoms. The number of esters is 1. The van der Waals surface area contributed by atoms with Crippen LogP contribution in [0.1, 0.15) is 20.7 Å². The number of rotatable bonds is 5. The Kier molecular flexibility index (Phi) is 4.90. The van der Waals surface area contributed by atoms with Gasteiger partial charge in [0.1, 0.15) is 5.75 Å². The van der Waals surface area contributed by atoms with Crippen LogP contribution in [-0.2, 0) is 4.74 Å². The van der Waals surface area contributed by atoms with Crippen LogP contribution >= 0.6 is 0 Å². The summed E-state index contributed by atoms with van der Waals surface area (Å²) in [5.74, 6) is -0.580. The maximum atomic E-state index is 12.1. The molecule has 0 atom stereocenters. The highest BCUT2D eigenvalue weighted by Gasteiger charge is 2.11. The van der Waals surface area contributed by atoms with E-state index in [1.807, 2.05) is 6.07 Å². The fraction of sp³-hybridized carbons (Fsp3) is 0.0476. The zero-order chi connectivity index (χ0) is 17.6. The Balaban J connectivity index is 1.63.